The topological polar surface area (TPSA) is 81.1 Å². The molecule has 1 aromatic carbocycles. The third-order valence-corrected chi connectivity index (χ3v) is 2.39. The molecule has 2 rings (SSSR count). The van der Waals surface area contributed by atoms with Crippen LogP contribution in [0.4, 0.5) is 5.69 Å². The van der Waals surface area contributed by atoms with Crippen molar-refractivity contribution >= 4 is 11.7 Å². The zero-order valence-corrected chi connectivity index (χ0v) is 8.71. The van der Waals surface area contributed by atoms with E-state index in [0.29, 0.717) is 11.3 Å². The summed E-state index contributed by atoms with van der Waals surface area (Å²) in [5.74, 6) is -0.969. The highest BCUT2D eigenvalue weighted by atomic mass is 16.4. The summed E-state index contributed by atoms with van der Waals surface area (Å²) in [4.78, 5) is 14.8. The van der Waals surface area contributed by atoms with Crippen molar-refractivity contribution in [3.63, 3.8) is 0 Å². The maximum Gasteiger partial charge on any atom is 0.335 e. The Hall–Kier alpha value is -2.30. The number of rotatable bonds is 2. The van der Waals surface area contributed by atoms with Gasteiger partial charge in [-0.25, -0.2) is 9.78 Å². The number of aromatic nitrogens is 2. The molecule has 0 spiro atoms. The van der Waals surface area contributed by atoms with Crippen LogP contribution in [0.2, 0.25) is 0 Å². The van der Waals surface area contributed by atoms with E-state index in [4.69, 9.17) is 10.8 Å². The van der Waals surface area contributed by atoms with Crippen molar-refractivity contribution in [2.45, 2.75) is 0 Å². The third kappa shape index (κ3) is 1.63. The molecule has 0 aliphatic heterocycles. The Kier molecular flexibility index (Phi) is 2.36. The first-order chi connectivity index (χ1) is 7.59. The normalized spacial score (nSPS) is 10.3. The van der Waals surface area contributed by atoms with Gasteiger partial charge in [-0.3, -0.25) is 0 Å². The Labute approximate surface area is 92.2 Å². The van der Waals surface area contributed by atoms with Crippen LogP contribution in [-0.4, -0.2) is 20.6 Å². The van der Waals surface area contributed by atoms with Gasteiger partial charge >= 0.3 is 5.97 Å². The number of carboxylic acids is 1. The van der Waals surface area contributed by atoms with Gasteiger partial charge in [0.1, 0.15) is 0 Å². The maximum absolute atomic E-state index is 10.9. The predicted octanol–water partition coefficient (Wildman–Crippen LogP) is 1.37. The van der Waals surface area contributed by atoms with Gasteiger partial charge in [0.05, 0.1) is 23.8 Å². The minimum atomic E-state index is -0.969. The molecule has 0 bridgehead atoms. The molecule has 5 heteroatoms. The molecular formula is C11H11N3O2. The van der Waals surface area contributed by atoms with Crippen molar-refractivity contribution in [2.24, 2.45) is 7.05 Å². The Morgan fingerprint density at radius 2 is 2.25 bits per heavy atom. The lowest BCUT2D eigenvalue weighted by molar-refractivity contribution is 0.0697. The highest BCUT2D eigenvalue weighted by molar-refractivity contribution is 5.91. The van der Waals surface area contributed by atoms with E-state index < -0.39 is 5.97 Å². The summed E-state index contributed by atoms with van der Waals surface area (Å²) < 4.78 is 1.79. The van der Waals surface area contributed by atoms with Crippen LogP contribution in [0.25, 0.3) is 11.3 Å². The number of carbonyl (C=O) groups is 1. The van der Waals surface area contributed by atoms with Crippen LogP contribution in [0, 0.1) is 0 Å². The van der Waals surface area contributed by atoms with Gasteiger partial charge in [0.2, 0.25) is 0 Å². The molecule has 82 valence electrons. The van der Waals surface area contributed by atoms with Gasteiger partial charge in [-0.2, -0.15) is 0 Å². The van der Waals surface area contributed by atoms with E-state index in [1.165, 1.54) is 6.07 Å². The zero-order valence-electron chi connectivity index (χ0n) is 8.71. The summed E-state index contributed by atoms with van der Waals surface area (Å²) in [6.45, 7) is 0. The fourth-order valence-electron chi connectivity index (χ4n) is 1.53. The van der Waals surface area contributed by atoms with Gasteiger partial charge in [-0.15, -0.1) is 0 Å². The lowest BCUT2D eigenvalue weighted by Gasteiger charge is -2.07. The largest absolute Gasteiger partial charge is 0.478 e. The van der Waals surface area contributed by atoms with E-state index in [-0.39, 0.29) is 5.56 Å². The first kappa shape index (κ1) is 10.2. The van der Waals surface area contributed by atoms with Crippen LogP contribution in [0.15, 0.2) is 30.7 Å². The average molecular weight is 217 g/mol. The number of nitrogens with zero attached hydrogens (tertiary/aromatic N) is 2. The fourth-order valence-corrected chi connectivity index (χ4v) is 1.53. The number of aryl methyl sites for hydroxylation is 1. The van der Waals surface area contributed by atoms with E-state index >= 15 is 0 Å². The summed E-state index contributed by atoms with van der Waals surface area (Å²) in [5, 5.41) is 8.90. The fraction of sp³-hybridized carbons (Fsp3) is 0.0909. The second-order valence-corrected chi connectivity index (χ2v) is 3.50. The minimum Gasteiger partial charge on any atom is -0.478 e. The molecule has 0 saturated carbocycles. The summed E-state index contributed by atoms with van der Waals surface area (Å²) in [5.41, 5.74) is 8.04. The van der Waals surface area contributed by atoms with Gasteiger partial charge < -0.3 is 15.4 Å². The highest BCUT2D eigenvalue weighted by Crippen LogP contribution is 2.26. The van der Waals surface area contributed by atoms with Crippen molar-refractivity contribution in [1.29, 1.82) is 0 Å². The smallest absolute Gasteiger partial charge is 0.335 e. The summed E-state index contributed by atoms with van der Waals surface area (Å²) in [7, 11) is 1.83. The molecule has 16 heavy (non-hydrogen) atoms. The van der Waals surface area contributed by atoms with Crippen molar-refractivity contribution < 1.29 is 9.90 Å². The van der Waals surface area contributed by atoms with Gasteiger partial charge in [0.15, 0.2) is 0 Å². The molecule has 5 nitrogen and oxygen atoms in total. The number of imidazole rings is 1. The molecule has 1 aromatic heterocycles. The summed E-state index contributed by atoms with van der Waals surface area (Å²) >= 11 is 0. The van der Waals surface area contributed by atoms with Crippen LogP contribution in [0.5, 0.6) is 0 Å². The van der Waals surface area contributed by atoms with Crippen molar-refractivity contribution in [3.05, 3.63) is 36.3 Å². The van der Waals surface area contributed by atoms with E-state index in [0.717, 1.165) is 5.69 Å². The van der Waals surface area contributed by atoms with Crippen LogP contribution in [0.3, 0.4) is 0 Å². The molecule has 0 atom stereocenters. The van der Waals surface area contributed by atoms with E-state index in [2.05, 4.69) is 4.98 Å². The number of benzene rings is 1. The molecule has 0 aliphatic rings. The van der Waals surface area contributed by atoms with Gasteiger partial charge in [-0.1, -0.05) is 0 Å². The number of anilines is 1. The number of aromatic carboxylic acids is 1. The number of nitrogens with two attached hydrogens (primary N) is 1. The molecule has 0 unspecified atom stereocenters. The van der Waals surface area contributed by atoms with Crippen LogP contribution in [0.1, 0.15) is 10.4 Å². The third-order valence-electron chi connectivity index (χ3n) is 2.39. The number of hydrogen-bond donors (Lipinski definition) is 2. The van der Waals surface area contributed by atoms with Crippen molar-refractivity contribution in [3.8, 4) is 11.3 Å². The predicted molar refractivity (Wildman–Crippen MR) is 60.0 cm³/mol. The molecule has 0 radical (unpaired) electrons. The van der Waals surface area contributed by atoms with E-state index in [9.17, 15) is 4.79 Å². The molecule has 0 fully saturated rings. The first-order valence-corrected chi connectivity index (χ1v) is 4.69. The summed E-state index contributed by atoms with van der Waals surface area (Å²) in [6.07, 6.45) is 3.29. The van der Waals surface area contributed by atoms with E-state index in [1.807, 2.05) is 7.05 Å². The monoisotopic (exact) mass is 217 g/mol. The Morgan fingerprint density at radius 1 is 1.50 bits per heavy atom. The number of nitrogen functional groups attached to an aromatic ring is 1. The Bertz CT molecular complexity index is 546. The maximum atomic E-state index is 10.9. The zero-order chi connectivity index (χ0) is 11.7. The molecule has 0 saturated heterocycles. The van der Waals surface area contributed by atoms with Gasteiger partial charge in [0.25, 0.3) is 0 Å². The Morgan fingerprint density at radius 3 is 2.81 bits per heavy atom. The lowest BCUT2D eigenvalue weighted by Crippen LogP contribution is -2.00. The van der Waals surface area contributed by atoms with Crippen LogP contribution < -0.4 is 5.73 Å². The molecular weight excluding hydrogens is 206 g/mol. The van der Waals surface area contributed by atoms with Crippen molar-refractivity contribution in [1.82, 2.24) is 9.55 Å². The quantitative estimate of drug-likeness (QED) is 0.744. The van der Waals surface area contributed by atoms with Crippen LogP contribution >= 0.6 is 0 Å². The molecule has 2 aromatic rings. The summed E-state index contributed by atoms with van der Waals surface area (Å²) in [6, 6.07) is 4.62. The number of carboxylic acid groups (broad SMARTS) is 1. The SMILES string of the molecule is Cn1cncc1-c1cc(C(=O)O)ccc1N. The second kappa shape index (κ2) is 3.69. The minimum absolute atomic E-state index is 0.213. The van der Waals surface area contributed by atoms with E-state index in [1.54, 1.807) is 29.2 Å². The molecule has 0 amide bonds. The first-order valence-electron chi connectivity index (χ1n) is 4.69. The van der Waals surface area contributed by atoms with Crippen molar-refractivity contribution in [2.75, 3.05) is 5.73 Å². The molecule has 0 aliphatic carbocycles. The lowest BCUT2D eigenvalue weighted by atomic mass is 10.1. The highest BCUT2D eigenvalue weighted by Gasteiger charge is 2.10. The molecule has 1 heterocycles. The molecule has 3 N–H and O–H groups in total. The van der Waals surface area contributed by atoms with Gasteiger partial charge in [0, 0.05) is 18.3 Å². The number of hydrogen-bond acceptors (Lipinski definition) is 3. The van der Waals surface area contributed by atoms with Gasteiger partial charge in [-0.05, 0) is 18.2 Å². The average Bonchev–Trinajstić information content (AvgIpc) is 2.65. The standard InChI is InChI=1S/C11H11N3O2/c1-14-6-13-5-10(14)8-4-7(11(15)16)2-3-9(8)12/h2-6H,12H2,1H3,(H,15,16). The Balaban J connectivity index is 2.60. The second-order valence-electron chi connectivity index (χ2n) is 3.50. The van der Waals surface area contributed by atoms with Crippen LogP contribution in [-0.2, 0) is 7.05 Å².